The molecule has 0 bridgehead atoms. The van der Waals surface area contributed by atoms with Gasteiger partial charge in [0.15, 0.2) is 5.82 Å². The lowest BCUT2D eigenvalue weighted by Crippen LogP contribution is -2.16. The van der Waals surface area contributed by atoms with Gasteiger partial charge in [0.05, 0.1) is 12.6 Å². The van der Waals surface area contributed by atoms with E-state index in [0.29, 0.717) is 6.04 Å². The summed E-state index contributed by atoms with van der Waals surface area (Å²) in [6.07, 6.45) is 6.83. The molecule has 1 N–H and O–H groups in total. The monoisotopic (exact) mass is 208 g/mol. The number of nitrogens with one attached hydrogen (secondary N) is 1. The van der Waals surface area contributed by atoms with Gasteiger partial charge in [-0.2, -0.15) is 5.10 Å². The Labute approximate surface area is 91.1 Å². The van der Waals surface area contributed by atoms with Crippen LogP contribution in [0, 0.1) is 0 Å². The number of rotatable bonds is 6. The Bertz CT molecular complexity index is 303. The van der Waals surface area contributed by atoms with Crippen molar-refractivity contribution in [1.82, 2.24) is 20.1 Å². The van der Waals surface area contributed by atoms with Gasteiger partial charge in [-0.3, -0.25) is 0 Å². The first-order valence-electron chi connectivity index (χ1n) is 5.93. The molecule has 1 aliphatic rings. The van der Waals surface area contributed by atoms with Crippen LogP contribution in [-0.2, 0) is 6.54 Å². The Morgan fingerprint density at radius 2 is 2.40 bits per heavy atom. The quantitative estimate of drug-likeness (QED) is 0.776. The summed E-state index contributed by atoms with van der Waals surface area (Å²) in [7, 11) is 0. The third kappa shape index (κ3) is 3.02. The summed E-state index contributed by atoms with van der Waals surface area (Å²) >= 11 is 0. The smallest absolute Gasteiger partial charge is 0.164 e. The van der Waals surface area contributed by atoms with Crippen LogP contribution in [0.3, 0.4) is 0 Å². The van der Waals surface area contributed by atoms with Gasteiger partial charge in [0.2, 0.25) is 0 Å². The summed E-state index contributed by atoms with van der Waals surface area (Å²) in [4.78, 5) is 4.31. The normalized spacial score (nSPS) is 18.0. The first-order valence-corrected chi connectivity index (χ1v) is 5.93. The molecule has 4 nitrogen and oxygen atoms in total. The highest BCUT2D eigenvalue weighted by Crippen LogP contribution is 2.19. The van der Waals surface area contributed by atoms with Crippen LogP contribution in [-0.4, -0.2) is 20.8 Å². The average molecular weight is 208 g/mol. The van der Waals surface area contributed by atoms with Crippen LogP contribution in [0.5, 0.6) is 0 Å². The Hall–Kier alpha value is -0.900. The molecule has 4 heteroatoms. The predicted molar refractivity (Wildman–Crippen MR) is 59.5 cm³/mol. The summed E-state index contributed by atoms with van der Waals surface area (Å²) in [6.45, 7) is 5.20. The molecule has 0 radical (unpaired) electrons. The molecule has 1 fully saturated rings. The van der Waals surface area contributed by atoms with E-state index in [9.17, 15) is 0 Å². The van der Waals surface area contributed by atoms with Crippen molar-refractivity contribution in [2.75, 3.05) is 0 Å². The van der Waals surface area contributed by atoms with Crippen molar-refractivity contribution in [2.45, 2.75) is 58.2 Å². The molecule has 1 aromatic heterocycles. The first-order chi connectivity index (χ1) is 7.29. The summed E-state index contributed by atoms with van der Waals surface area (Å²) < 4.78 is 1.98. The maximum absolute atomic E-state index is 4.47. The van der Waals surface area contributed by atoms with E-state index in [1.807, 2.05) is 11.0 Å². The second kappa shape index (κ2) is 4.75. The topological polar surface area (TPSA) is 42.7 Å². The summed E-state index contributed by atoms with van der Waals surface area (Å²) in [6, 6.07) is 1.20. The highest BCUT2D eigenvalue weighted by atomic mass is 15.3. The number of aromatic nitrogens is 3. The Kier molecular flexibility index (Phi) is 3.36. The van der Waals surface area contributed by atoms with E-state index in [1.165, 1.54) is 25.7 Å². The predicted octanol–water partition coefficient (Wildman–Crippen LogP) is 1.89. The van der Waals surface area contributed by atoms with Gasteiger partial charge in [0, 0.05) is 6.04 Å². The molecule has 0 aliphatic heterocycles. The van der Waals surface area contributed by atoms with Gasteiger partial charge in [-0.15, -0.1) is 0 Å². The Balaban J connectivity index is 1.84. The second-order valence-corrected chi connectivity index (χ2v) is 4.43. The van der Waals surface area contributed by atoms with E-state index in [4.69, 9.17) is 0 Å². The van der Waals surface area contributed by atoms with E-state index in [1.54, 1.807) is 0 Å². The van der Waals surface area contributed by atoms with Crippen molar-refractivity contribution in [1.29, 1.82) is 0 Å². The third-order valence-corrected chi connectivity index (χ3v) is 2.84. The van der Waals surface area contributed by atoms with Gasteiger partial charge in [-0.1, -0.05) is 13.3 Å². The summed E-state index contributed by atoms with van der Waals surface area (Å²) in [5.41, 5.74) is 0. The van der Waals surface area contributed by atoms with E-state index in [-0.39, 0.29) is 0 Å². The lowest BCUT2D eigenvalue weighted by Gasteiger charge is -2.08. The van der Waals surface area contributed by atoms with Gasteiger partial charge < -0.3 is 5.32 Å². The lowest BCUT2D eigenvalue weighted by atomic mass is 10.2. The van der Waals surface area contributed by atoms with Crippen LogP contribution in [0.1, 0.15) is 51.4 Å². The number of hydrogen-bond acceptors (Lipinski definition) is 3. The fraction of sp³-hybridized carbons (Fsp3) is 0.818. The molecule has 0 aromatic carbocycles. The molecule has 2 rings (SSSR count). The minimum atomic E-state index is 0.470. The van der Waals surface area contributed by atoms with Gasteiger partial charge in [-0.25, -0.2) is 9.67 Å². The fourth-order valence-electron chi connectivity index (χ4n) is 1.68. The standard InChI is InChI=1S/C11H20N4/c1-3-4-9(2)15-8-13-11(14-15)7-12-10-5-6-10/h8-10,12H,3-7H2,1-2H3. The second-order valence-electron chi connectivity index (χ2n) is 4.43. The van der Waals surface area contributed by atoms with E-state index in [2.05, 4.69) is 29.2 Å². The van der Waals surface area contributed by atoms with Gasteiger partial charge in [0.25, 0.3) is 0 Å². The zero-order chi connectivity index (χ0) is 10.7. The largest absolute Gasteiger partial charge is 0.307 e. The van der Waals surface area contributed by atoms with Crippen molar-refractivity contribution in [3.63, 3.8) is 0 Å². The number of hydrogen-bond donors (Lipinski definition) is 1. The molecule has 0 amide bonds. The van der Waals surface area contributed by atoms with E-state index in [0.717, 1.165) is 18.4 Å². The number of nitrogens with zero attached hydrogens (tertiary/aromatic N) is 3. The Morgan fingerprint density at radius 1 is 1.60 bits per heavy atom. The van der Waals surface area contributed by atoms with Crippen LogP contribution >= 0.6 is 0 Å². The van der Waals surface area contributed by atoms with Crippen LogP contribution < -0.4 is 5.32 Å². The lowest BCUT2D eigenvalue weighted by molar-refractivity contribution is 0.449. The molecule has 1 aromatic rings. The molecule has 1 saturated carbocycles. The van der Waals surface area contributed by atoms with Crippen molar-refractivity contribution in [2.24, 2.45) is 0 Å². The van der Waals surface area contributed by atoms with Crippen LogP contribution in [0.15, 0.2) is 6.33 Å². The van der Waals surface area contributed by atoms with Crippen molar-refractivity contribution in [3.05, 3.63) is 12.2 Å². The van der Waals surface area contributed by atoms with Gasteiger partial charge in [0.1, 0.15) is 6.33 Å². The zero-order valence-corrected chi connectivity index (χ0v) is 9.61. The van der Waals surface area contributed by atoms with Crippen molar-refractivity contribution < 1.29 is 0 Å². The average Bonchev–Trinajstić information content (AvgIpc) is 2.93. The van der Waals surface area contributed by atoms with Crippen LogP contribution in [0.2, 0.25) is 0 Å². The zero-order valence-electron chi connectivity index (χ0n) is 9.61. The van der Waals surface area contributed by atoms with Gasteiger partial charge >= 0.3 is 0 Å². The molecule has 1 heterocycles. The highest BCUT2D eigenvalue weighted by Gasteiger charge is 2.20. The minimum absolute atomic E-state index is 0.470. The van der Waals surface area contributed by atoms with Crippen molar-refractivity contribution in [3.8, 4) is 0 Å². The van der Waals surface area contributed by atoms with Crippen LogP contribution in [0.25, 0.3) is 0 Å². The maximum Gasteiger partial charge on any atom is 0.164 e. The highest BCUT2D eigenvalue weighted by molar-refractivity contribution is 4.87. The van der Waals surface area contributed by atoms with Gasteiger partial charge in [-0.05, 0) is 26.2 Å². The maximum atomic E-state index is 4.47. The molecule has 1 atom stereocenters. The van der Waals surface area contributed by atoms with E-state index < -0.39 is 0 Å². The van der Waals surface area contributed by atoms with Crippen molar-refractivity contribution >= 4 is 0 Å². The molecule has 0 saturated heterocycles. The Morgan fingerprint density at radius 3 is 3.07 bits per heavy atom. The fourth-order valence-corrected chi connectivity index (χ4v) is 1.68. The molecule has 84 valence electrons. The molecule has 1 unspecified atom stereocenters. The molecule has 15 heavy (non-hydrogen) atoms. The molecular formula is C11H20N4. The van der Waals surface area contributed by atoms with E-state index >= 15 is 0 Å². The molecular weight excluding hydrogens is 188 g/mol. The summed E-state index contributed by atoms with van der Waals surface area (Å²) in [5.74, 6) is 0.921. The first kappa shape index (κ1) is 10.6. The minimum Gasteiger partial charge on any atom is -0.307 e. The SMILES string of the molecule is CCCC(C)n1cnc(CNC2CC2)n1. The summed E-state index contributed by atoms with van der Waals surface area (Å²) in [5, 5.41) is 7.89. The molecule has 1 aliphatic carbocycles. The molecule has 0 spiro atoms. The van der Waals surface area contributed by atoms with Crippen LogP contribution in [0.4, 0.5) is 0 Å². The third-order valence-electron chi connectivity index (χ3n) is 2.84.